The van der Waals surface area contributed by atoms with E-state index >= 15 is 8.78 Å². The average molecular weight is 832 g/mol. The van der Waals surface area contributed by atoms with E-state index < -0.39 is 34.1 Å². The van der Waals surface area contributed by atoms with Gasteiger partial charge in [-0.1, -0.05) is 95.1 Å². The SMILES string of the molecule is CC(C)[Si](C#Cc1c(F)ccc2cc(O[Si](C(C)C)(C(C)C)C(C)C)cc(-c3ncc4c(N5CCCC(O)C5)nc(OCCN(C)C)nc4c3F)c12)(C(C)C)C(C)C. The molecule has 0 bridgehead atoms. The molecule has 2 aromatic carbocycles. The van der Waals surface area contributed by atoms with Crippen molar-refractivity contribution >= 4 is 43.9 Å². The minimum Gasteiger partial charge on any atom is -0.543 e. The summed E-state index contributed by atoms with van der Waals surface area (Å²) in [6.45, 7) is 28.7. The summed E-state index contributed by atoms with van der Waals surface area (Å²) in [7, 11) is -0.881. The Bertz CT molecular complexity index is 2100. The summed E-state index contributed by atoms with van der Waals surface area (Å²) >= 11 is 0. The molecule has 1 N–H and O–H groups in total. The number of rotatable bonds is 14. The lowest BCUT2D eigenvalue weighted by Gasteiger charge is -2.42. The van der Waals surface area contributed by atoms with Gasteiger partial charge in [0.05, 0.1) is 17.1 Å². The molecule has 0 aliphatic carbocycles. The molecule has 316 valence electrons. The predicted octanol–water partition coefficient (Wildman–Crippen LogP) is 11.1. The maximum Gasteiger partial charge on any atom is 0.319 e. The summed E-state index contributed by atoms with van der Waals surface area (Å²) < 4.78 is 47.4. The fourth-order valence-corrected chi connectivity index (χ4v) is 20.4. The number of piperidine rings is 1. The maximum absolute atomic E-state index is 17.7. The molecule has 0 radical (unpaired) electrons. The second-order valence-corrected chi connectivity index (χ2v) is 29.4. The van der Waals surface area contributed by atoms with E-state index in [4.69, 9.17) is 19.1 Å². The van der Waals surface area contributed by atoms with Crippen LogP contribution in [0.25, 0.3) is 32.9 Å². The molecule has 2 aromatic heterocycles. The van der Waals surface area contributed by atoms with Gasteiger partial charge in [-0.25, -0.2) is 8.78 Å². The largest absolute Gasteiger partial charge is 0.543 e. The number of anilines is 1. The molecular weight excluding hydrogens is 765 g/mol. The Morgan fingerprint density at radius 3 is 2.10 bits per heavy atom. The Morgan fingerprint density at radius 2 is 1.53 bits per heavy atom. The van der Waals surface area contributed by atoms with E-state index in [-0.39, 0.29) is 39.4 Å². The van der Waals surface area contributed by atoms with Gasteiger partial charge >= 0.3 is 6.01 Å². The summed E-state index contributed by atoms with van der Waals surface area (Å²) in [6, 6.07) is 7.06. The molecule has 1 saturated heterocycles. The zero-order valence-corrected chi connectivity index (χ0v) is 39.4. The van der Waals surface area contributed by atoms with Crippen molar-refractivity contribution in [2.45, 2.75) is 135 Å². The second-order valence-electron chi connectivity index (χ2n) is 18.5. The van der Waals surface area contributed by atoms with E-state index in [9.17, 15) is 5.11 Å². The smallest absolute Gasteiger partial charge is 0.319 e. The predicted molar refractivity (Wildman–Crippen MR) is 241 cm³/mol. The summed E-state index contributed by atoms with van der Waals surface area (Å²) in [4.78, 5) is 18.2. The highest BCUT2D eigenvalue weighted by atomic mass is 28.4. The van der Waals surface area contributed by atoms with Gasteiger partial charge in [-0.05, 0) is 83.8 Å². The Kier molecular flexibility index (Phi) is 14.4. The van der Waals surface area contributed by atoms with Gasteiger partial charge in [-0.3, -0.25) is 4.98 Å². The number of hydrogen-bond donors (Lipinski definition) is 1. The number of ether oxygens (including phenoxy) is 1. The van der Waals surface area contributed by atoms with Crippen LogP contribution in [0.2, 0.25) is 33.2 Å². The maximum atomic E-state index is 17.7. The van der Waals surface area contributed by atoms with Crippen molar-refractivity contribution in [3.63, 3.8) is 0 Å². The molecule has 1 fully saturated rings. The summed E-state index contributed by atoms with van der Waals surface area (Å²) in [5, 5.41) is 12.2. The van der Waals surface area contributed by atoms with Gasteiger partial charge in [-0.2, -0.15) is 9.97 Å². The number of benzene rings is 2. The van der Waals surface area contributed by atoms with Gasteiger partial charge in [0.15, 0.2) is 5.82 Å². The van der Waals surface area contributed by atoms with Crippen molar-refractivity contribution in [1.29, 1.82) is 0 Å². The normalized spacial score (nSPS) is 15.6. The average Bonchev–Trinajstić information content (AvgIpc) is 3.13. The molecule has 4 aromatic rings. The van der Waals surface area contributed by atoms with E-state index in [1.165, 1.54) is 6.07 Å². The number of aliphatic hydroxyl groups excluding tert-OH is 1. The third-order valence-electron chi connectivity index (χ3n) is 12.7. The van der Waals surface area contributed by atoms with Crippen molar-refractivity contribution in [2.75, 3.05) is 45.2 Å². The number of fused-ring (bicyclic) bond motifs is 2. The van der Waals surface area contributed by atoms with Crippen molar-refractivity contribution in [1.82, 2.24) is 19.9 Å². The van der Waals surface area contributed by atoms with E-state index in [1.807, 2.05) is 36.0 Å². The standard InChI is InChI=1S/C46H67F2N5O3Si2/c1-28(2)57(29(3)4,30(5)6)23-19-37-40(47)18-17-34-24-36(56-58(31(7)8,32(9)10)33(11)12)25-38(41(34)37)43-42(48)44-39(26-49-43)45(53-20-15-16-35(54)27-53)51-46(50-44)55-22-21-52(13)14/h17-18,24-26,28-33,35,54H,15-16,20-22,27H2,1-14H3. The highest BCUT2D eigenvalue weighted by molar-refractivity contribution is 6.90. The quantitative estimate of drug-likeness (QED) is 0.0994. The fraction of sp³-hybridized carbons (Fsp3) is 0.587. The molecular formula is C46H67F2N5O3Si2. The lowest BCUT2D eigenvalue weighted by molar-refractivity contribution is 0.154. The van der Waals surface area contributed by atoms with Crippen molar-refractivity contribution in [3.8, 4) is 34.5 Å². The van der Waals surface area contributed by atoms with E-state index in [0.717, 1.165) is 6.42 Å². The van der Waals surface area contributed by atoms with Gasteiger partial charge < -0.3 is 24.1 Å². The molecule has 0 spiro atoms. The molecule has 3 heterocycles. The number of nitrogens with zero attached hydrogens (tertiary/aromatic N) is 5. The fourth-order valence-electron chi connectivity index (χ4n) is 9.92. The van der Waals surface area contributed by atoms with Gasteiger partial charge in [0, 0.05) is 36.8 Å². The summed E-state index contributed by atoms with van der Waals surface area (Å²) in [5.74, 6) is 3.33. The monoisotopic (exact) mass is 831 g/mol. The van der Waals surface area contributed by atoms with Crippen LogP contribution in [0.5, 0.6) is 11.8 Å². The zero-order valence-electron chi connectivity index (χ0n) is 37.4. The number of pyridine rings is 1. The molecule has 1 unspecified atom stereocenters. The third kappa shape index (κ3) is 8.79. The van der Waals surface area contributed by atoms with Crippen LogP contribution < -0.4 is 14.1 Å². The molecule has 1 atom stereocenters. The second kappa shape index (κ2) is 18.3. The van der Waals surface area contributed by atoms with E-state index in [1.54, 1.807) is 12.3 Å². The van der Waals surface area contributed by atoms with Gasteiger partial charge in [0.1, 0.15) is 43.3 Å². The minimum atomic E-state index is -2.48. The highest BCUT2D eigenvalue weighted by Crippen LogP contribution is 2.46. The van der Waals surface area contributed by atoms with Crippen LogP contribution in [-0.2, 0) is 0 Å². The molecule has 12 heteroatoms. The Hall–Kier alpha value is -3.64. The first-order valence-electron chi connectivity index (χ1n) is 21.3. The lowest BCUT2D eigenvalue weighted by atomic mass is 9.95. The van der Waals surface area contributed by atoms with Crippen LogP contribution in [0, 0.1) is 23.1 Å². The van der Waals surface area contributed by atoms with Crippen LogP contribution in [-0.4, -0.2) is 87.8 Å². The molecule has 0 amide bonds. The molecule has 1 aliphatic rings. The van der Waals surface area contributed by atoms with Gasteiger partial charge in [0.25, 0.3) is 8.32 Å². The Labute approximate surface area is 348 Å². The van der Waals surface area contributed by atoms with Crippen molar-refractivity contribution in [2.24, 2.45) is 0 Å². The van der Waals surface area contributed by atoms with E-state index in [0.29, 0.717) is 82.6 Å². The molecule has 1 aliphatic heterocycles. The number of halogens is 2. The minimum absolute atomic E-state index is 0.0187. The highest BCUT2D eigenvalue weighted by Gasteiger charge is 2.47. The van der Waals surface area contributed by atoms with Gasteiger partial charge in [-0.15, -0.1) is 5.54 Å². The number of likely N-dealkylation sites (N-methyl/N-ethyl adjacent to an activating group) is 1. The van der Waals surface area contributed by atoms with Crippen LogP contribution in [0.15, 0.2) is 30.5 Å². The molecule has 58 heavy (non-hydrogen) atoms. The number of aliphatic hydroxyl groups is 1. The van der Waals surface area contributed by atoms with Crippen LogP contribution >= 0.6 is 0 Å². The lowest BCUT2D eigenvalue weighted by Crippen LogP contribution is -2.50. The topological polar surface area (TPSA) is 83.8 Å². The number of aromatic nitrogens is 3. The molecule has 8 nitrogen and oxygen atoms in total. The number of hydrogen-bond acceptors (Lipinski definition) is 8. The molecule has 0 saturated carbocycles. The van der Waals surface area contributed by atoms with Crippen molar-refractivity contribution in [3.05, 3.63) is 47.7 Å². The van der Waals surface area contributed by atoms with Crippen LogP contribution in [0.4, 0.5) is 14.6 Å². The van der Waals surface area contributed by atoms with Crippen molar-refractivity contribution < 1.29 is 23.1 Å². The first-order valence-corrected chi connectivity index (χ1v) is 25.7. The first kappa shape index (κ1) is 45.4. The van der Waals surface area contributed by atoms with E-state index in [2.05, 4.69) is 99.5 Å². The number of β-amino-alcohol motifs (C(OH)–C–C–N with tert-alkyl or cyclic N) is 1. The summed E-state index contributed by atoms with van der Waals surface area (Å²) in [6.07, 6.45) is 2.49. The third-order valence-corrected chi connectivity index (χ3v) is 25.0. The zero-order chi connectivity index (χ0) is 42.9. The molecule has 5 rings (SSSR count). The van der Waals surface area contributed by atoms with Crippen LogP contribution in [0.3, 0.4) is 0 Å². The van der Waals surface area contributed by atoms with Crippen LogP contribution in [0.1, 0.15) is 101 Å². The Balaban J connectivity index is 1.87. The first-order chi connectivity index (χ1) is 27.3. The Morgan fingerprint density at radius 1 is 0.897 bits per heavy atom. The van der Waals surface area contributed by atoms with Gasteiger partial charge in [0.2, 0.25) is 0 Å². The summed E-state index contributed by atoms with van der Waals surface area (Å²) in [5.41, 5.74) is 6.27.